The van der Waals surface area contributed by atoms with Gasteiger partial charge in [0.05, 0.1) is 19.7 Å². The van der Waals surface area contributed by atoms with Crippen molar-refractivity contribution in [2.75, 3.05) is 25.6 Å². The van der Waals surface area contributed by atoms with Crippen LogP contribution in [0.3, 0.4) is 0 Å². The normalized spacial score (nSPS) is 11.6. The number of amides is 2. The summed E-state index contributed by atoms with van der Waals surface area (Å²) < 4.78 is 17.7. The molecule has 0 saturated carbocycles. The molecule has 0 unspecified atom stereocenters. The van der Waals surface area contributed by atoms with E-state index in [4.69, 9.17) is 14.2 Å². The summed E-state index contributed by atoms with van der Waals surface area (Å²) in [6.07, 6.45) is 2.55. The Morgan fingerprint density at radius 2 is 1.72 bits per heavy atom. The molecule has 4 rings (SSSR count). The Bertz CT molecular complexity index is 1540. The van der Waals surface area contributed by atoms with Crippen LogP contribution in [0.5, 0.6) is 17.2 Å². The average Bonchev–Trinajstić information content (AvgIpc) is 3.46. The largest absolute Gasteiger partial charge is 0.497 e. The highest BCUT2D eigenvalue weighted by Gasteiger charge is 2.13. The van der Waals surface area contributed by atoms with Gasteiger partial charge in [-0.1, -0.05) is 53.2 Å². The lowest BCUT2D eigenvalue weighted by atomic mass is 9.99. The second-order valence-corrected chi connectivity index (χ2v) is 11.4. The van der Waals surface area contributed by atoms with Crippen molar-refractivity contribution in [2.45, 2.75) is 32.6 Å². The van der Waals surface area contributed by atoms with Gasteiger partial charge in [-0.25, -0.2) is 5.43 Å². The van der Waals surface area contributed by atoms with Gasteiger partial charge in [0, 0.05) is 15.6 Å². The molecule has 0 spiro atoms. The standard InChI is InChI=1S/C31H32BrN5O5S/c1-4-20(2)21-5-12-26(13-6-21)41-15-16-42-27-14-9-24(32)17-23(27)19-33-35-28(38)18-29-36-37-31(43-29)34-30(39)22-7-10-25(40-3)11-8-22/h5-14,17,19-20H,4,15-16,18H2,1-3H3,(H,35,38)(H,34,37,39)/b33-19-/t20-/m0/s1. The zero-order chi connectivity index (χ0) is 30.6. The quantitative estimate of drug-likeness (QED) is 0.0930. The van der Waals surface area contributed by atoms with E-state index in [9.17, 15) is 9.59 Å². The molecule has 0 radical (unpaired) electrons. The van der Waals surface area contributed by atoms with Crippen LogP contribution < -0.4 is 25.0 Å². The fourth-order valence-corrected chi connectivity index (χ4v) is 4.94. The summed E-state index contributed by atoms with van der Waals surface area (Å²) in [5.74, 6) is 1.83. The number of methoxy groups -OCH3 is 1. The van der Waals surface area contributed by atoms with Crippen LogP contribution in [0.2, 0.25) is 0 Å². The van der Waals surface area contributed by atoms with Crippen molar-refractivity contribution >= 4 is 50.4 Å². The first-order chi connectivity index (χ1) is 20.8. The Labute approximate surface area is 262 Å². The molecule has 1 aromatic heterocycles. The molecule has 10 nitrogen and oxygen atoms in total. The summed E-state index contributed by atoms with van der Waals surface area (Å²) in [5, 5.41) is 15.4. The van der Waals surface area contributed by atoms with Gasteiger partial charge in [-0.15, -0.1) is 10.2 Å². The van der Waals surface area contributed by atoms with Crippen LogP contribution in [0, 0.1) is 0 Å². The van der Waals surface area contributed by atoms with E-state index in [1.165, 1.54) is 11.8 Å². The number of hydrazone groups is 1. The Morgan fingerprint density at radius 1 is 1.00 bits per heavy atom. The highest BCUT2D eigenvalue weighted by atomic mass is 79.9. The topological polar surface area (TPSA) is 124 Å². The molecule has 2 N–H and O–H groups in total. The third-order valence-electron chi connectivity index (χ3n) is 6.39. The van der Waals surface area contributed by atoms with Crippen LogP contribution in [0.4, 0.5) is 5.13 Å². The third-order valence-corrected chi connectivity index (χ3v) is 7.72. The molecule has 2 amide bonds. The van der Waals surface area contributed by atoms with E-state index in [0.717, 1.165) is 28.0 Å². The Balaban J connectivity index is 1.24. The SMILES string of the molecule is CC[C@H](C)c1ccc(OCCOc2ccc(Br)cc2/C=N\NC(=O)Cc2nnc(NC(=O)c3ccc(OC)cc3)s2)cc1. The molecule has 3 aromatic carbocycles. The maximum atomic E-state index is 12.4. The monoisotopic (exact) mass is 665 g/mol. The number of halogens is 1. The van der Waals surface area contributed by atoms with Crippen LogP contribution in [0.15, 0.2) is 76.3 Å². The molecule has 1 atom stereocenters. The zero-order valence-electron chi connectivity index (χ0n) is 24.0. The molecule has 0 saturated heterocycles. The first kappa shape index (κ1) is 31.6. The van der Waals surface area contributed by atoms with Crippen molar-refractivity contribution in [3.63, 3.8) is 0 Å². The second kappa shape index (κ2) is 15.8. The van der Waals surface area contributed by atoms with Crippen molar-refractivity contribution in [3.8, 4) is 17.2 Å². The van der Waals surface area contributed by atoms with E-state index in [1.807, 2.05) is 30.3 Å². The lowest BCUT2D eigenvalue weighted by Gasteiger charge is -2.12. The maximum absolute atomic E-state index is 12.4. The number of carbonyl (C=O) groups excluding carboxylic acids is 2. The predicted molar refractivity (Wildman–Crippen MR) is 171 cm³/mol. The van der Waals surface area contributed by atoms with Crippen molar-refractivity contribution in [1.82, 2.24) is 15.6 Å². The minimum atomic E-state index is -0.384. The van der Waals surface area contributed by atoms with Crippen molar-refractivity contribution in [2.24, 2.45) is 5.10 Å². The molecule has 0 bridgehead atoms. The summed E-state index contributed by atoms with van der Waals surface area (Å²) in [5.41, 5.74) is 4.90. The number of anilines is 1. The summed E-state index contributed by atoms with van der Waals surface area (Å²) in [4.78, 5) is 24.9. The van der Waals surface area contributed by atoms with Crippen LogP contribution in [-0.4, -0.2) is 48.5 Å². The van der Waals surface area contributed by atoms with Crippen molar-refractivity contribution < 1.29 is 23.8 Å². The molecule has 43 heavy (non-hydrogen) atoms. The van der Waals surface area contributed by atoms with Crippen LogP contribution in [0.25, 0.3) is 0 Å². The van der Waals surface area contributed by atoms with E-state index in [-0.39, 0.29) is 23.4 Å². The van der Waals surface area contributed by atoms with Gasteiger partial charge < -0.3 is 14.2 Å². The highest BCUT2D eigenvalue weighted by molar-refractivity contribution is 9.10. The molecular formula is C31H32BrN5O5S. The second-order valence-electron chi connectivity index (χ2n) is 9.41. The number of ether oxygens (including phenoxy) is 3. The number of nitrogens with zero attached hydrogens (tertiary/aromatic N) is 3. The molecular weight excluding hydrogens is 634 g/mol. The number of benzene rings is 3. The van der Waals surface area contributed by atoms with E-state index < -0.39 is 0 Å². The Hall–Kier alpha value is -4.29. The first-order valence-corrected chi connectivity index (χ1v) is 15.2. The van der Waals surface area contributed by atoms with E-state index in [1.54, 1.807) is 31.4 Å². The van der Waals surface area contributed by atoms with Gasteiger partial charge >= 0.3 is 0 Å². The predicted octanol–water partition coefficient (Wildman–Crippen LogP) is 6.23. The summed E-state index contributed by atoms with van der Waals surface area (Å²) in [7, 11) is 1.55. The number of hydrogen-bond acceptors (Lipinski definition) is 9. The lowest BCUT2D eigenvalue weighted by molar-refractivity contribution is -0.120. The Kier molecular flexibility index (Phi) is 11.6. The van der Waals surface area contributed by atoms with Crippen molar-refractivity contribution in [3.05, 3.63) is 92.9 Å². The molecule has 12 heteroatoms. The average molecular weight is 667 g/mol. The van der Waals surface area contributed by atoms with E-state index in [2.05, 4.69) is 68.0 Å². The van der Waals surface area contributed by atoms with Gasteiger partial charge in [0.2, 0.25) is 11.0 Å². The molecule has 0 aliphatic carbocycles. The Morgan fingerprint density at radius 3 is 2.44 bits per heavy atom. The summed E-state index contributed by atoms with van der Waals surface area (Å²) >= 11 is 4.57. The molecule has 1 heterocycles. The number of carbonyl (C=O) groups is 2. The minimum Gasteiger partial charge on any atom is -0.497 e. The van der Waals surface area contributed by atoms with Gasteiger partial charge in [-0.05, 0) is 72.5 Å². The maximum Gasteiger partial charge on any atom is 0.257 e. The van der Waals surface area contributed by atoms with Gasteiger partial charge in [0.15, 0.2) is 0 Å². The number of hydrogen-bond donors (Lipinski definition) is 2. The smallest absolute Gasteiger partial charge is 0.257 e. The van der Waals surface area contributed by atoms with Crippen LogP contribution in [0.1, 0.15) is 52.7 Å². The van der Waals surface area contributed by atoms with E-state index in [0.29, 0.717) is 46.8 Å². The van der Waals surface area contributed by atoms with Crippen LogP contribution >= 0.6 is 27.3 Å². The molecule has 224 valence electrons. The molecule has 0 aliphatic rings. The van der Waals surface area contributed by atoms with Gasteiger partial charge in [0.1, 0.15) is 35.5 Å². The fourth-order valence-electron chi connectivity index (χ4n) is 3.83. The molecule has 0 fully saturated rings. The van der Waals surface area contributed by atoms with Gasteiger partial charge in [-0.3, -0.25) is 14.9 Å². The van der Waals surface area contributed by atoms with Gasteiger partial charge in [-0.2, -0.15) is 5.10 Å². The van der Waals surface area contributed by atoms with E-state index >= 15 is 0 Å². The van der Waals surface area contributed by atoms with Gasteiger partial charge in [0.25, 0.3) is 5.91 Å². The minimum absolute atomic E-state index is 0.0507. The van der Waals surface area contributed by atoms with Crippen molar-refractivity contribution in [1.29, 1.82) is 0 Å². The number of nitrogens with one attached hydrogen (secondary N) is 2. The zero-order valence-corrected chi connectivity index (χ0v) is 26.4. The lowest BCUT2D eigenvalue weighted by Crippen LogP contribution is -2.19. The fraction of sp³-hybridized carbons (Fsp3) is 0.258. The molecule has 0 aliphatic heterocycles. The number of aromatic nitrogens is 2. The molecule has 4 aromatic rings. The third kappa shape index (κ3) is 9.62. The first-order valence-electron chi connectivity index (χ1n) is 13.6. The highest BCUT2D eigenvalue weighted by Crippen LogP contribution is 2.23. The van der Waals surface area contributed by atoms with Crippen LogP contribution in [-0.2, 0) is 11.2 Å². The number of rotatable bonds is 14. The summed E-state index contributed by atoms with van der Waals surface area (Å²) in [6.45, 7) is 5.08. The summed E-state index contributed by atoms with van der Waals surface area (Å²) in [6, 6.07) is 20.3.